The van der Waals surface area contributed by atoms with Crippen LogP contribution in [0.1, 0.15) is 12.8 Å². The number of carbonyl (C=O) groups excluding carboxylic acids is 1. The van der Waals surface area contributed by atoms with Gasteiger partial charge in [-0.25, -0.2) is 4.79 Å². The zero-order chi connectivity index (χ0) is 7.84. The molecule has 0 aromatic rings. The second kappa shape index (κ2) is 2.37. The topological polar surface area (TPSA) is 49.8 Å². The molecule has 2 aliphatic heterocycles. The van der Waals surface area contributed by atoms with E-state index in [1.165, 1.54) is 0 Å². The average Bonchev–Trinajstić information content (AvgIpc) is 2.45. The molecule has 2 rings (SSSR count). The maximum absolute atomic E-state index is 11.0. The summed E-state index contributed by atoms with van der Waals surface area (Å²) >= 11 is 0. The van der Waals surface area contributed by atoms with Crippen molar-refractivity contribution in [3.8, 4) is 0 Å². The number of nitrogens with zero attached hydrogens (tertiary/aromatic N) is 1. The summed E-state index contributed by atoms with van der Waals surface area (Å²) in [7, 11) is 0. The smallest absolute Gasteiger partial charge is 0.410 e. The SMILES string of the molecule is O=C1OC[C@@H](O)[C@@H]2CCCN12. The van der Waals surface area contributed by atoms with Gasteiger partial charge in [-0.15, -0.1) is 0 Å². The third kappa shape index (κ3) is 0.976. The summed E-state index contributed by atoms with van der Waals surface area (Å²) in [6.07, 6.45) is 1.15. The standard InChI is InChI=1S/C7H11NO3/c9-6-4-11-7(10)8-3-1-2-5(6)8/h5-6,9H,1-4H2/t5-,6+/m0/s1. The molecule has 0 aromatic carbocycles. The highest BCUT2D eigenvalue weighted by Crippen LogP contribution is 2.24. The monoisotopic (exact) mass is 157 g/mol. The van der Waals surface area contributed by atoms with E-state index in [0.717, 1.165) is 19.4 Å². The Kier molecular flexibility index (Phi) is 1.49. The van der Waals surface area contributed by atoms with Gasteiger partial charge in [0.05, 0.1) is 6.04 Å². The molecule has 0 unspecified atom stereocenters. The lowest BCUT2D eigenvalue weighted by atomic mass is 10.1. The minimum atomic E-state index is -0.477. The van der Waals surface area contributed by atoms with E-state index >= 15 is 0 Å². The molecule has 2 heterocycles. The first-order valence-electron chi connectivity index (χ1n) is 3.90. The summed E-state index contributed by atoms with van der Waals surface area (Å²) < 4.78 is 4.74. The van der Waals surface area contributed by atoms with Crippen molar-refractivity contribution in [1.82, 2.24) is 4.90 Å². The minimum absolute atomic E-state index is 0.0243. The summed E-state index contributed by atoms with van der Waals surface area (Å²) in [6, 6.07) is 0.0243. The van der Waals surface area contributed by atoms with Crippen molar-refractivity contribution in [3.63, 3.8) is 0 Å². The van der Waals surface area contributed by atoms with Crippen LogP contribution in [0.4, 0.5) is 4.79 Å². The minimum Gasteiger partial charge on any atom is -0.447 e. The van der Waals surface area contributed by atoms with Crippen molar-refractivity contribution in [3.05, 3.63) is 0 Å². The maximum atomic E-state index is 11.0. The van der Waals surface area contributed by atoms with Crippen LogP contribution in [0.5, 0.6) is 0 Å². The van der Waals surface area contributed by atoms with Crippen LogP contribution in [0, 0.1) is 0 Å². The van der Waals surface area contributed by atoms with Crippen LogP contribution >= 0.6 is 0 Å². The largest absolute Gasteiger partial charge is 0.447 e. The van der Waals surface area contributed by atoms with Crippen LogP contribution in [-0.4, -0.2) is 41.4 Å². The highest BCUT2D eigenvalue weighted by Gasteiger charge is 2.39. The van der Waals surface area contributed by atoms with Gasteiger partial charge < -0.3 is 14.7 Å². The molecule has 2 aliphatic rings. The fourth-order valence-corrected chi connectivity index (χ4v) is 1.77. The third-order valence-corrected chi connectivity index (χ3v) is 2.36. The molecule has 0 aromatic heterocycles. The molecule has 2 atom stereocenters. The zero-order valence-electron chi connectivity index (χ0n) is 6.19. The Morgan fingerprint density at radius 2 is 2.45 bits per heavy atom. The van der Waals surface area contributed by atoms with E-state index in [-0.39, 0.29) is 18.7 Å². The van der Waals surface area contributed by atoms with Gasteiger partial charge in [0.15, 0.2) is 0 Å². The Morgan fingerprint density at radius 1 is 1.64 bits per heavy atom. The molecule has 2 saturated heterocycles. The number of hydrogen-bond acceptors (Lipinski definition) is 3. The van der Waals surface area contributed by atoms with Gasteiger partial charge in [0, 0.05) is 6.54 Å². The van der Waals surface area contributed by atoms with Crippen molar-refractivity contribution >= 4 is 6.09 Å². The summed E-state index contributed by atoms with van der Waals surface area (Å²) in [6.45, 7) is 0.903. The van der Waals surface area contributed by atoms with Crippen LogP contribution in [0.15, 0.2) is 0 Å². The maximum Gasteiger partial charge on any atom is 0.410 e. The Hall–Kier alpha value is -0.770. The van der Waals surface area contributed by atoms with Crippen molar-refractivity contribution in [2.24, 2.45) is 0 Å². The van der Waals surface area contributed by atoms with Crippen LogP contribution in [0.25, 0.3) is 0 Å². The van der Waals surface area contributed by atoms with E-state index in [0.29, 0.717) is 0 Å². The Balaban J connectivity index is 2.14. The lowest BCUT2D eigenvalue weighted by Crippen LogP contribution is -2.50. The van der Waals surface area contributed by atoms with Crippen LogP contribution < -0.4 is 0 Å². The molecule has 62 valence electrons. The molecule has 11 heavy (non-hydrogen) atoms. The molecule has 0 saturated carbocycles. The molecule has 0 spiro atoms. The summed E-state index contributed by atoms with van der Waals surface area (Å²) in [4.78, 5) is 12.6. The molecule has 2 fully saturated rings. The van der Waals surface area contributed by atoms with Crippen LogP contribution in [-0.2, 0) is 4.74 Å². The quantitative estimate of drug-likeness (QED) is 0.537. The van der Waals surface area contributed by atoms with Crippen LogP contribution in [0.3, 0.4) is 0 Å². The fraction of sp³-hybridized carbons (Fsp3) is 0.857. The van der Waals surface area contributed by atoms with Crippen molar-refractivity contribution < 1.29 is 14.6 Å². The van der Waals surface area contributed by atoms with E-state index in [2.05, 4.69) is 0 Å². The number of carbonyl (C=O) groups is 1. The molecule has 4 nitrogen and oxygen atoms in total. The highest BCUT2D eigenvalue weighted by atomic mass is 16.6. The fourth-order valence-electron chi connectivity index (χ4n) is 1.77. The molecule has 0 bridgehead atoms. The molecule has 0 radical (unpaired) electrons. The predicted molar refractivity (Wildman–Crippen MR) is 37.1 cm³/mol. The Bertz CT molecular complexity index is 183. The Labute approximate surface area is 64.7 Å². The van der Waals surface area contributed by atoms with E-state index in [9.17, 15) is 9.90 Å². The number of rotatable bonds is 0. The highest BCUT2D eigenvalue weighted by molar-refractivity contribution is 5.69. The van der Waals surface area contributed by atoms with Crippen LogP contribution in [0.2, 0.25) is 0 Å². The number of fused-ring (bicyclic) bond motifs is 1. The van der Waals surface area contributed by atoms with Crippen molar-refractivity contribution in [2.75, 3.05) is 13.2 Å². The third-order valence-electron chi connectivity index (χ3n) is 2.36. The van der Waals surface area contributed by atoms with E-state index in [4.69, 9.17) is 4.74 Å². The Morgan fingerprint density at radius 3 is 3.18 bits per heavy atom. The second-order valence-corrected chi connectivity index (χ2v) is 3.05. The molecule has 1 amide bonds. The molecular weight excluding hydrogens is 146 g/mol. The lowest BCUT2D eigenvalue weighted by Gasteiger charge is -2.32. The summed E-state index contributed by atoms with van der Waals surface area (Å²) in [5.41, 5.74) is 0. The molecule has 4 heteroatoms. The number of ether oxygens (including phenoxy) is 1. The van der Waals surface area contributed by atoms with Crippen molar-refractivity contribution in [2.45, 2.75) is 25.0 Å². The van der Waals surface area contributed by atoms with Crippen molar-refractivity contribution in [1.29, 1.82) is 0 Å². The second-order valence-electron chi connectivity index (χ2n) is 3.05. The molecular formula is C7H11NO3. The first-order valence-corrected chi connectivity index (χ1v) is 3.90. The van der Waals surface area contributed by atoms with E-state index < -0.39 is 6.10 Å². The normalized spacial score (nSPS) is 36.8. The van der Waals surface area contributed by atoms with Gasteiger partial charge in [-0.1, -0.05) is 0 Å². The number of hydrogen-bond donors (Lipinski definition) is 1. The summed E-state index contributed by atoms with van der Waals surface area (Å²) in [5, 5.41) is 9.38. The predicted octanol–water partition coefficient (Wildman–Crippen LogP) is -0.0381. The first kappa shape index (κ1) is 6.91. The van der Waals surface area contributed by atoms with Gasteiger partial charge in [-0.2, -0.15) is 0 Å². The van der Waals surface area contributed by atoms with Gasteiger partial charge in [0.1, 0.15) is 12.7 Å². The zero-order valence-corrected chi connectivity index (χ0v) is 6.19. The lowest BCUT2D eigenvalue weighted by molar-refractivity contribution is -0.0283. The summed E-state index contributed by atoms with van der Waals surface area (Å²) in [5.74, 6) is 0. The van der Waals surface area contributed by atoms with Gasteiger partial charge in [-0.05, 0) is 12.8 Å². The first-order chi connectivity index (χ1) is 5.29. The number of cyclic esters (lactones) is 1. The van der Waals surface area contributed by atoms with Gasteiger partial charge in [-0.3, -0.25) is 0 Å². The van der Waals surface area contributed by atoms with Gasteiger partial charge >= 0.3 is 6.09 Å². The van der Waals surface area contributed by atoms with Gasteiger partial charge in [0.2, 0.25) is 0 Å². The number of aliphatic hydroxyl groups excluding tert-OH is 1. The van der Waals surface area contributed by atoms with Gasteiger partial charge in [0.25, 0.3) is 0 Å². The van der Waals surface area contributed by atoms with E-state index in [1.54, 1.807) is 4.90 Å². The van der Waals surface area contributed by atoms with E-state index in [1.807, 2.05) is 0 Å². The molecule has 1 N–H and O–H groups in total. The number of aliphatic hydroxyl groups is 1. The number of amides is 1. The average molecular weight is 157 g/mol. The molecule has 0 aliphatic carbocycles.